The fourth-order valence-electron chi connectivity index (χ4n) is 3.08. The smallest absolute Gasteiger partial charge is 0.289 e. The van der Waals surface area contributed by atoms with Gasteiger partial charge in [-0.3, -0.25) is 9.79 Å². The maximum absolute atomic E-state index is 12.3. The van der Waals surface area contributed by atoms with Crippen molar-refractivity contribution in [1.82, 2.24) is 15.1 Å². The first-order valence-corrected chi connectivity index (χ1v) is 9.57. The molecule has 8 heteroatoms. The Balaban J connectivity index is 1.50. The van der Waals surface area contributed by atoms with Crippen LogP contribution in [0.4, 0.5) is 0 Å². The summed E-state index contributed by atoms with van der Waals surface area (Å²) in [6.45, 7) is 3.33. The topological polar surface area (TPSA) is 61.1 Å². The molecule has 0 spiro atoms. The summed E-state index contributed by atoms with van der Waals surface area (Å²) in [5.74, 6) is 1.11. The van der Waals surface area contributed by atoms with E-state index in [9.17, 15) is 4.79 Å². The predicted molar refractivity (Wildman–Crippen MR) is 108 cm³/mol. The molecule has 1 aliphatic heterocycles. The van der Waals surface area contributed by atoms with Gasteiger partial charge in [0.1, 0.15) is 0 Å². The van der Waals surface area contributed by atoms with E-state index < -0.39 is 0 Å². The molecule has 0 unspecified atom stereocenters. The van der Waals surface area contributed by atoms with Crippen molar-refractivity contribution in [1.29, 1.82) is 0 Å². The number of furan rings is 1. The van der Waals surface area contributed by atoms with Crippen LogP contribution in [0.1, 0.15) is 16.1 Å². The van der Waals surface area contributed by atoms with Crippen molar-refractivity contribution in [2.45, 2.75) is 6.42 Å². The maximum atomic E-state index is 12.3. The molecule has 3 rings (SSSR count). The third-order valence-corrected chi connectivity index (χ3v) is 5.24. The first-order valence-electron chi connectivity index (χ1n) is 8.81. The molecule has 0 atom stereocenters. The summed E-state index contributed by atoms with van der Waals surface area (Å²) in [6, 6.07) is 8.93. The van der Waals surface area contributed by atoms with Crippen LogP contribution in [0.5, 0.6) is 0 Å². The summed E-state index contributed by atoms with van der Waals surface area (Å²) in [5.41, 5.74) is 0.928. The number of benzene rings is 1. The van der Waals surface area contributed by atoms with Crippen molar-refractivity contribution in [2.75, 3.05) is 39.8 Å². The highest BCUT2D eigenvalue weighted by molar-refractivity contribution is 6.36. The molecule has 1 aliphatic rings. The lowest BCUT2D eigenvalue weighted by molar-refractivity contribution is 0.0658. The monoisotopic (exact) mass is 408 g/mol. The average molecular weight is 409 g/mol. The van der Waals surface area contributed by atoms with E-state index in [1.165, 1.54) is 6.26 Å². The molecule has 2 aromatic rings. The summed E-state index contributed by atoms with van der Waals surface area (Å²) in [5, 5.41) is 4.69. The molecule has 1 aromatic carbocycles. The van der Waals surface area contributed by atoms with Crippen molar-refractivity contribution in [3.05, 3.63) is 58.0 Å². The lowest BCUT2D eigenvalue weighted by Crippen LogP contribution is -2.54. The zero-order valence-corrected chi connectivity index (χ0v) is 16.6. The molecular formula is C19H22Cl2N4O2. The summed E-state index contributed by atoms with van der Waals surface area (Å²) in [6.07, 6.45) is 2.22. The van der Waals surface area contributed by atoms with Gasteiger partial charge in [-0.15, -0.1) is 0 Å². The molecule has 144 valence electrons. The Morgan fingerprint density at radius 1 is 1.11 bits per heavy atom. The minimum atomic E-state index is -0.0732. The quantitative estimate of drug-likeness (QED) is 0.623. The standard InChI is InChI=1S/C19H22Cl2N4O2/c1-22-19(23-8-7-14-15(20)4-2-5-16(14)21)25-11-9-24(10-12-25)18(26)17-6-3-13-27-17/h2-6,13H,7-12H2,1H3,(H,22,23). The molecule has 6 nitrogen and oxygen atoms in total. The highest BCUT2D eigenvalue weighted by Crippen LogP contribution is 2.24. The summed E-state index contributed by atoms with van der Waals surface area (Å²) >= 11 is 12.4. The van der Waals surface area contributed by atoms with Crippen molar-refractivity contribution < 1.29 is 9.21 Å². The van der Waals surface area contributed by atoms with Gasteiger partial charge < -0.3 is 19.5 Å². The Morgan fingerprint density at radius 3 is 2.37 bits per heavy atom. The normalized spacial score (nSPS) is 15.1. The Bertz CT molecular complexity index is 780. The van der Waals surface area contributed by atoms with E-state index in [4.69, 9.17) is 27.6 Å². The second kappa shape index (κ2) is 9.15. The van der Waals surface area contributed by atoms with Crippen molar-refractivity contribution in [3.8, 4) is 0 Å². The number of carbonyl (C=O) groups excluding carboxylic acids is 1. The number of nitrogens with one attached hydrogen (secondary N) is 1. The van der Waals surface area contributed by atoms with E-state index in [-0.39, 0.29) is 5.91 Å². The number of nitrogens with zero attached hydrogens (tertiary/aromatic N) is 3. The predicted octanol–water partition coefficient (Wildman–Crippen LogP) is 3.16. The fraction of sp³-hybridized carbons (Fsp3) is 0.368. The molecule has 0 saturated carbocycles. The summed E-state index contributed by atoms with van der Waals surface area (Å²) in [4.78, 5) is 20.6. The molecule has 27 heavy (non-hydrogen) atoms. The molecule has 1 aromatic heterocycles. The summed E-state index contributed by atoms with van der Waals surface area (Å²) < 4.78 is 5.20. The highest BCUT2D eigenvalue weighted by atomic mass is 35.5. The Kier molecular flexibility index (Phi) is 6.63. The van der Waals surface area contributed by atoms with E-state index in [0.717, 1.165) is 11.5 Å². The molecule has 1 saturated heterocycles. The fourth-order valence-corrected chi connectivity index (χ4v) is 3.67. The van der Waals surface area contributed by atoms with Gasteiger partial charge in [-0.05, 0) is 36.2 Å². The third kappa shape index (κ3) is 4.76. The minimum absolute atomic E-state index is 0.0732. The van der Waals surface area contributed by atoms with Gasteiger partial charge in [0, 0.05) is 49.8 Å². The van der Waals surface area contributed by atoms with Crippen LogP contribution in [0.25, 0.3) is 0 Å². The zero-order valence-electron chi connectivity index (χ0n) is 15.1. The molecule has 1 N–H and O–H groups in total. The SMILES string of the molecule is CN=C(NCCc1c(Cl)cccc1Cl)N1CCN(C(=O)c2ccco2)CC1. The van der Waals surface area contributed by atoms with Gasteiger partial charge in [0.25, 0.3) is 5.91 Å². The van der Waals surface area contributed by atoms with Gasteiger partial charge in [-0.25, -0.2) is 0 Å². The number of hydrogen-bond acceptors (Lipinski definition) is 3. The number of carbonyl (C=O) groups is 1. The highest BCUT2D eigenvalue weighted by Gasteiger charge is 2.25. The van der Waals surface area contributed by atoms with Crippen LogP contribution in [0, 0.1) is 0 Å². The van der Waals surface area contributed by atoms with E-state index in [0.29, 0.717) is 55.0 Å². The van der Waals surface area contributed by atoms with Crippen molar-refractivity contribution >= 4 is 35.1 Å². The molecule has 0 aliphatic carbocycles. The molecule has 0 bridgehead atoms. The van der Waals surface area contributed by atoms with Crippen LogP contribution in [0.15, 0.2) is 46.0 Å². The minimum Gasteiger partial charge on any atom is -0.459 e. The number of amides is 1. The first-order chi connectivity index (χ1) is 13.1. The van der Waals surface area contributed by atoms with Gasteiger partial charge >= 0.3 is 0 Å². The molecular weight excluding hydrogens is 387 g/mol. The number of hydrogen-bond donors (Lipinski definition) is 1. The second-order valence-electron chi connectivity index (χ2n) is 6.18. The van der Waals surface area contributed by atoms with E-state index >= 15 is 0 Å². The lowest BCUT2D eigenvalue weighted by atomic mass is 10.1. The zero-order chi connectivity index (χ0) is 19.2. The average Bonchev–Trinajstić information content (AvgIpc) is 3.22. The Labute approximate surface area is 168 Å². The van der Waals surface area contributed by atoms with Crippen LogP contribution in [-0.2, 0) is 6.42 Å². The molecule has 1 fully saturated rings. The Morgan fingerprint density at radius 2 is 1.78 bits per heavy atom. The maximum Gasteiger partial charge on any atom is 0.289 e. The van der Waals surface area contributed by atoms with E-state index in [2.05, 4.69) is 15.2 Å². The van der Waals surface area contributed by atoms with E-state index in [1.807, 2.05) is 18.2 Å². The Hall–Kier alpha value is -2.18. The van der Waals surface area contributed by atoms with Crippen LogP contribution >= 0.6 is 23.2 Å². The van der Waals surface area contributed by atoms with Crippen LogP contribution in [0.2, 0.25) is 10.0 Å². The number of piperazine rings is 1. The number of halogens is 2. The number of rotatable bonds is 4. The van der Waals surface area contributed by atoms with Crippen LogP contribution < -0.4 is 5.32 Å². The van der Waals surface area contributed by atoms with Crippen molar-refractivity contribution in [3.63, 3.8) is 0 Å². The molecule has 2 heterocycles. The van der Waals surface area contributed by atoms with E-state index in [1.54, 1.807) is 24.1 Å². The van der Waals surface area contributed by atoms with Gasteiger partial charge in [0.15, 0.2) is 11.7 Å². The number of guanidine groups is 1. The molecule has 0 radical (unpaired) electrons. The van der Waals surface area contributed by atoms with Gasteiger partial charge in [0.05, 0.1) is 6.26 Å². The van der Waals surface area contributed by atoms with Gasteiger partial charge in [-0.1, -0.05) is 29.3 Å². The second-order valence-corrected chi connectivity index (χ2v) is 7.00. The lowest BCUT2D eigenvalue weighted by Gasteiger charge is -2.36. The molecule has 1 amide bonds. The van der Waals surface area contributed by atoms with Crippen molar-refractivity contribution in [2.24, 2.45) is 4.99 Å². The third-order valence-electron chi connectivity index (χ3n) is 4.53. The van der Waals surface area contributed by atoms with Crippen LogP contribution in [-0.4, -0.2) is 61.4 Å². The van der Waals surface area contributed by atoms with Gasteiger partial charge in [-0.2, -0.15) is 0 Å². The number of aliphatic imine (C=N–C) groups is 1. The summed E-state index contributed by atoms with van der Waals surface area (Å²) in [7, 11) is 1.76. The first kappa shape index (κ1) is 19.6. The van der Waals surface area contributed by atoms with Crippen LogP contribution in [0.3, 0.4) is 0 Å². The largest absolute Gasteiger partial charge is 0.459 e. The van der Waals surface area contributed by atoms with Gasteiger partial charge in [0.2, 0.25) is 0 Å².